The highest BCUT2D eigenvalue weighted by Crippen LogP contribution is 2.22. The number of carboxylic acids is 2. The molecule has 25 heavy (non-hydrogen) atoms. The molecule has 3 N–H and O–H groups in total. The van der Waals surface area contributed by atoms with Crippen LogP contribution in [0.3, 0.4) is 0 Å². The van der Waals surface area contributed by atoms with E-state index in [9.17, 15) is 14.7 Å². The molecule has 8 heteroatoms. The molecule has 0 aromatic heterocycles. The molecular weight excluding hydrogens is 324 g/mol. The fraction of sp³-hybridized carbons (Fsp3) is 0.882. The van der Waals surface area contributed by atoms with Gasteiger partial charge in [0.05, 0.1) is 5.97 Å². The van der Waals surface area contributed by atoms with E-state index < -0.39 is 18.0 Å². The fourth-order valence-electron chi connectivity index (χ4n) is 3.25. The van der Waals surface area contributed by atoms with Gasteiger partial charge in [0.2, 0.25) is 0 Å². The van der Waals surface area contributed by atoms with Crippen LogP contribution in [0.1, 0.15) is 33.6 Å². The first-order valence-corrected chi connectivity index (χ1v) is 9.20. The maximum atomic E-state index is 11.2. The summed E-state index contributed by atoms with van der Waals surface area (Å²) in [6.07, 6.45) is 2.17. The number of carboxylic acid groups (broad SMARTS) is 2. The van der Waals surface area contributed by atoms with E-state index in [0.29, 0.717) is 26.2 Å². The third kappa shape index (κ3) is 6.54. The fourth-order valence-corrected chi connectivity index (χ4v) is 3.25. The SMILES string of the molecule is CCC(C)(CC)N1CCNCCN(C(C(=O)[O-])C(=O)O)CCNCC1. The van der Waals surface area contributed by atoms with Gasteiger partial charge in [-0.15, -0.1) is 0 Å². The highest BCUT2D eigenvalue weighted by Gasteiger charge is 2.28. The summed E-state index contributed by atoms with van der Waals surface area (Å²) in [6, 6.07) is -1.61. The summed E-state index contributed by atoms with van der Waals surface area (Å²) in [7, 11) is 0. The van der Waals surface area contributed by atoms with E-state index in [0.717, 1.165) is 39.0 Å². The van der Waals surface area contributed by atoms with Crippen LogP contribution in [0.4, 0.5) is 0 Å². The Morgan fingerprint density at radius 1 is 1.04 bits per heavy atom. The summed E-state index contributed by atoms with van der Waals surface area (Å²) in [4.78, 5) is 26.3. The number of carbonyl (C=O) groups is 2. The minimum Gasteiger partial charge on any atom is -0.548 e. The molecule has 0 aromatic rings. The lowest BCUT2D eigenvalue weighted by Gasteiger charge is -2.41. The lowest BCUT2D eigenvalue weighted by atomic mass is 9.93. The average Bonchev–Trinajstić information content (AvgIpc) is 2.55. The Balaban J connectivity index is 2.69. The quantitative estimate of drug-likeness (QED) is 0.497. The second-order valence-electron chi connectivity index (χ2n) is 6.79. The number of nitrogens with one attached hydrogen (secondary N) is 2. The van der Waals surface area contributed by atoms with Gasteiger partial charge in [-0.3, -0.25) is 14.6 Å². The Bertz CT molecular complexity index is 401. The van der Waals surface area contributed by atoms with Crippen LogP contribution in [-0.2, 0) is 9.59 Å². The second-order valence-corrected chi connectivity index (χ2v) is 6.79. The monoisotopic (exact) mass is 357 g/mol. The molecule has 0 saturated carbocycles. The lowest BCUT2D eigenvalue weighted by Crippen LogP contribution is -2.56. The minimum absolute atomic E-state index is 0.170. The van der Waals surface area contributed by atoms with E-state index in [-0.39, 0.29) is 5.54 Å². The van der Waals surface area contributed by atoms with Crippen LogP contribution in [-0.4, -0.2) is 90.8 Å². The molecule has 1 saturated heterocycles. The lowest BCUT2D eigenvalue weighted by molar-refractivity contribution is -0.310. The normalized spacial score (nSPS) is 21.1. The third-order valence-electron chi connectivity index (χ3n) is 5.38. The predicted molar refractivity (Wildman–Crippen MR) is 94.3 cm³/mol. The molecule has 0 aromatic carbocycles. The zero-order valence-electron chi connectivity index (χ0n) is 15.7. The number of nitrogens with zero attached hydrogens (tertiary/aromatic N) is 2. The molecule has 1 unspecified atom stereocenters. The second kappa shape index (κ2) is 10.7. The molecule has 1 rings (SSSR count). The van der Waals surface area contributed by atoms with Crippen LogP contribution in [0.25, 0.3) is 0 Å². The van der Waals surface area contributed by atoms with Crippen LogP contribution in [0.15, 0.2) is 0 Å². The number of aliphatic carboxylic acids is 2. The molecule has 1 heterocycles. The van der Waals surface area contributed by atoms with Gasteiger partial charge in [0.15, 0.2) is 0 Å². The van der Waals surface area contributed by atoms with Crippen molar-refractivity contribution in [2.75, 3.05) is 52.4 Å². The van der Waals surface area contributed by atoms with Crippen molar-refractivity contribution in [1.29, 1.82) is 0 Å². The van der Waals surface area contributed by atoms with Gasteiger partial charge in [0.1, 0.15) is 6.04 Å². The van der Waals surface area contributed by atoms with Gasteiger partial charge in [0.25, 0.3) is 0 Å². The van der Waals surface area contributed by atoms with Crippen LogP contribution >= 0.6 is 0 Å². The van der Waals surface area contributed by atoms with E-state index in [1.807, 2.05) is 0 Å². The van der Waals surface area contributed by atoms with Crippen molar-refractivity contribution in [3.63, 3.8) is 0 Å². The Morgan fingerprint density at radius 2 is 1.48 bits per heavy atom. The minimum atomic E-state index is -1.61. The summed E-state index contributed by atoms with van der Waals surface area (Å²) >= 11 is 0. The van der Waals surface area contributed by atoms with E-state index in [2.05, 4.69) is 36.3 Å². The summed E-state index contributed by atoms with van der Waals surface area (Å²) in [5, 5.41) is 26.9. The molecule has 146 valence electrons. The number of carbonyl (C=O) groups excluding carboxylic acids is 1. The van der Waals surface area contributed by atoms with Crippen molar-refractivity contribution >= 4 is 11.9 Å². The number of hydrogen-bond donors (Lipinski definition) is 3. The van der Waals surface area contributed by atoms with Crippen LogP contribution in [0.5, 0.6) is 0 Å². The molecule has 1 fully saturated rings. The molecule has 0 aliphatic carbocycles. The summed E-state index contributed by atoms with van der Waals surface area (Å²) in [5.74, 6) is -2.94. The Kier molecular flexibility index (Phi) is 9.34. The Labute approximate surface area is 150 Å². The largest absolute Gasteiger partial charge is 0.548 e. The smallest absolute Gasteiger partial charge is 0.326 e. The molecule has 1 aliphatic rings. The highest BCUT2D eigenvalue weighted by molar-refractivity contribution is 5.96. The average molecular weight is 357 g/mol. The third-order valence-corrected chi connectivity index (χ3v) is 5.38. The van der Waals surface area contributed by atoms with Crippen molar-refractivity contribution in [2.24, 2.45) is 0 Å². The Morgan fingerprint density at radius 3 is 1.84 bits per heavy atom. The van der Waals surface area contributed by atoms with Crippen LogP contribution in [0, 0.1) is 0 Å². The van der Waals surface area contributed by atoms with Crippen molar-refractivity contribution < 1.29 is 19.8 Å². The zero-order chi connectivity index (χ0) is 18.9. The van der Waals surface area contributed by atoms with Crippen molar-refractivity contribution in [3.8, 4) is 0 Å². The van der Waals surface area contributed by atoms with Gasteiger partial charge in [-0.25, -0.2) is 0 Å². The standard InChI is InChI=1S/C17H34N4O4/c1-4-17(3,5-2)21-12-8-18-6-10-20(11-7-19-9-13-21)14(15(22)23)16(24)25/h14,18-19H,4-13H2,1-3H3,(H,22,23)(H,24,25)/p-1. The molecular formula is C17H33N4O4-. The Hall–Kier alpha value is -1.22. The first kappa shape index (κ1) is 21.8. The van der Waals surface area contributed by atoms with Gasteiger partial charge >= 0.3 is 5.97 Å². The molecule has 0 spiro atoms. The molecule has 0 amide bonds. The molecule has 8 nitrogen and oxygen atoms in total. The van der Waals surface area contributed by atoms with Crippen LogP contribution < -0.4 is 15.7 Å². The van der Waals surface area contributed by atoms with E-state index in [4.69, 9.17) is 5.11 Å². The molecule has 0 radical (unpaired) electrons. The van der Waals surface area contributed by atoms with Crippen molar-refractivity contribution in [1.82, 2.24) is 20.4 Å². The van der Waals surface area contributed by atoms with Crippen LogP contribution in [0.2, 0.25) is 0 Å². The highest BCUT2D eigenvalue weighted by atomic mass is 16.4. The van der Waals surface area contributed by atoms with Gasteiger partial charge in [-0.2, -0.15) is 0 Å². The summed E-state index contributed by atoms with van der Waals surface area (Å²) < 4.78 is 0. The van der Waals surface area contributed by atoms with E-state index >= 15 is 0 Å². The van der Waals surface area contributed by atoms with Gasteiger partial charge < -0.3 is 25.6 Å². The molecule has 1 aliphatic heterocycles. The molecule has 0 bridgehead atoms. The number of rotatable bonds is 6. The van der Waals surface area contributed by atoms with E-state index in [1.165, 1.54) is 4.90 Å². The van der Waals surface area contributed by atoms with Crippen molar-refractivity contribution in [2.45, 2.75) is 45.2 Å². The van der Waals surface area contributed by atoms with Gasteiger partial charge in [0, 0.05) is 57.9 Å². The topological polar surface area (TPSA) is 108 Å². The summed E-state index contributed by atoms with van der Waals surface area (Å²) in [6.45, 7) is 11.9. The van der Waals surface area contributed by atoms with E-state index in [1.54, 1.807) is 0 Å². The first-order valence-electron chi connectivity index (χ1n) is 9.20. The maximum Gasteiger partial charge on any atom is 0.326 e. The maximum absolute atomic E-state index is 11.2. The number of hydrogen-bond acceptors (Lipinski definition) is 7. The first-order chi connectivity index (χ1) is 11.9. The van der Waals surface area contributed by atoms with Gasteiger partial charge in [-0.05, 0) is 19.8 Å². The van der Waals surface area contributed by atoms with Gasteiger partial charge in [-0.1, -0.05) is 13.8 Å². The summed E-state index contributed by atoms with van der Waals surface area (Å²) in [5.41, 5.74) is 0.170. The predicted octanol–water partition coefficient (Wildman–Crippen LogP) is -1.43. The zero-order valence-corrected chi connectivity index (χ0v) is 15.7. The van der Waals surface area contributed by atoms with Crippen molar-refractivity contribution in [3.05, 3.63) is 0 Å². The molecule has 1 atom stereocenters.